The summed E-state index contributed by atoms with van der Waals surface area (Å²) in [4.78, 5) is 97.2. The fraction of sp³-hybridized carbons (Fsp3) is 0.227. The van der Waals surface area contributed by atoms with Crippen LogP contribution in [0.4, 0.5) is 56.9 Å². The number of Topliss-reactive ketones (excluding diaryl/α,β-unsaturated/α-hetero) is 5. The molecule has 22 rings (SSSR count). The highest BCUT2D eigenvalue weighted by atomic mass is 35.5. The largest absolute Gasteiger partial charge is 0.497 e. The van der Waals surface area contributed by atoms with Crippen LogP contribution in [0.5, 0.6) is 5.75 Å². The first-order chi connectivity index (χ1) is 59.0. The molecule has 5 saturated heterocycles. The SMILES string of the molecule is COc1ccc(N2CC[C@@]3(O)C(=O)c4cc(C)ccc4N=C23)cc1.Cc1cc2c(cc1C)C(=O)[C@]1(O)CCN(c3cccc(Cl)c3)C1=N2.Cc1ccc2c(c1)C(=O)[C@]1(O)CCN(c3ccc(C#N)c(Cl)c3)C1=N2.Cc1ccc2c(c1)C(=O)[C@]1(O)CCN(c3ccc4occc4c3)C1=N2.Cc1ccc2c(c1)C(=O)[C@]1(O)CCN(c3ccc4sccc4c3)C1=N2. The normalized spacial score (nSPS) is 22.0. The predicted octanol–water partition coefficient (Wildman–Crippen LogP) is 17.8. The number of fused-ring (bicyclic) bond motifs is 12. The van der Waals surface area contributed by atoms with Gasteiger partial charge in [0, 0.05) is 136 Å². The van der Waals surface area contributed by atoms with E-state index in [4.69, 9.17) is 37.6 Å². The highest BCUT2D eigenvalue weighted by molar-refractivity contribution is 7.17. The zero-order valence-corrected chi connectivity index (χ0v) is 70.3. The first kappa shape index (κ1) is 81.1. The quantitative estimate of drug-likeness (QED) is 0.103. The lowest BCUT2D eigenvalue weighted by atomic mass is 9.86. The van der Waals surface area contributed by atoms with Gasteiger partial charge in [-0.1, -0.05) is 75.8 Å². The monoisotopic (exact) mass is 1690 g/mol. The third-order valence-electron chi connectivity index (χ3n) is 24.5. The zero-order valence-electron chi connectivity index (χ0n) is 68.0. The Morgan fingerprint density at radius 2 is 0.772 bits per heavy atom. The molecule has 0 spiro atoms. The van der Waals surface area contributed by atoms with Crippen LogP contribution in [0.25, 0.3) is 21.1 Å². The van der Waals surface area contributed by atoms with Crippen LogP contribution in [-0.2, 0) is 0 Å². The highest BCUT2D eigenvalue weighted by Crippen LogP contribution is 2.48. The minimum atomic E-state index is -1.62. The van der Waals surface area contributed by atoms with Crippen molar-refractivity contribution in [2.75, 3.05) is 64.3 Å². The van der Waals surface area contributed by atoms with Gasteiger partial charge in [-0.15, -0.1) is 11.3 Å². The average molecular weight is 1700 g/mol. The minimum absolute atomic E-state index is 0.240. The Kier molecular flexibility index (Phi) is 20.4. The Balaban J connectivity index is 0.000000105. The van der Waals surface area contributed by atoms with E-state index in [2.05, 4.69) is 48.5 Å². The molecule has 0 radical (unpaired) electrons. The van der Waals surface area contributed by atoms with Gasteiger partial charge in [-0.05, 0) is 233 Å². The summed E-state index contributed by atoms with van der Waals surface area (Å²) < 4.78 is 11.8. The third kappa shape index (κ3) is 13.9. The van der Waals surface area contributed by atoms with E-state index in [0.717, 1.165) is 78.2 Å². The summed E-state index contributed by atoms with van der Waals surface area (Å²) in [5.74, 6) is 1.39. The number of furan rings is 1. The highest BCUT2D eigenvalue weighted by Gasteiger charge is 2.57. The summed E-state index contributed by atoms with van der Waals surface area (Å²) in [6.45, 7) is 14.3. The van der Waals surface area contributed by atoms with Crippen molar-refractivity contribution >= 4 is 171 Å². The van der Waals surface area contributed by atoms with Gasteiger partial charge in [-0.2, -0.15) is 5.26 Å². The van der Waals surface area contributed by atoms with E-state index in [9.17, 15) is 49.5 Å². The number of benzene rings is 10. The summed E-state index contributed by atoms with van der Waals surface area (Å²) in [5.41, 5.74) is 9.16. The number of aliphatic hydroxyl groups is 5. The van der Waals surface area contributed by atoms with Gasteiger partial charge in [0.05, 0.1) is 52.4 Å². The number of nitrogens with zero attached hydrogens (tertiary/aromatic N) is 11. The van der Waals surface area contributed by atoms with Crippen LogP contribution in [0, 0.1) is 52.9 Å². The van der Waals surface area contributed by atoms with Crippen LogP contribution in [0.3, 0.4) is 0 Å². The molecule has 10 aliphatic heterocycles. The number of nitriles is 1. The molecule has 5 atom stereocenters. The standard InChI is InChI=1S/C20H16N2O3.C20H16N2O2S.C19H14ClN3O2.C19H17ClN2O2.C19H18N2O3/c2*1-12-2-4-16-15(10-12)18(23)20(24)7-8-22(19(20)21-16)14-3-5-17-13(11-14)6-9-25-17;1-11-2-5-16-14(8-11)17(24)19(25)6-7-23(18(19)22-16)13-4-3-12(10-21)15(20)9-13;1-11-8-15-16(9-12(11)2)21-18-19(24,17(15)23)6-7-22(18)14-5-3-4-13(20)10-14;1-12-3-8-16-15(11-12)17(22)19(23)9-10-21(18(19)20-16)13-4-6-14(24-2)7-5-13/h2*2-6,9-11,24H,7-8H2,1H3;2-5,8-9,25H,6-7H2,1H3;3-5,8-10,24H,6-7H2,1-2H3;3-8,11,23H,9-10H2,1-2H3/t2*20-;3*19-/m11111/s1. The molecule has 10 aromatic carbocycles. The van der Waals surface area contributed by atoms with E-state index < -0.39 is 28.0 Å². The number of aliphatic imine (C=N–C) groups is 5. The number of aryl methyl sites for hydroxylation is 6. The van der Waals surface area contributed by atoms with Crippen LogP contribution in [0.15, 0.2) is 241 Å². The van der Waals surface area contributed by atoms with E-state index in [-0.39, 0.29) is 35.3 Å². The van der Waals surface area contributed by atoms with Crippen LogP contribution >= 0.6 is 34.5 Å². The molecule has 5 N–H and O–H groups in total. The molecule has 0 saturated carbocycles. The lowest BCUT2D eigenvalue weighted by Crippen LogP contribution is -2.48. The van der Waals surface area contributed by atoms with Crippen LogP contribution in [0.1, 0.15) is 123 Å². The number of anilines is 5. The number of methoxy groups -OCH3 is 1. The second-order valence-corrected chi connectivity index (χ2v) is 34.2. The Bertz CT molecular complexity index is 6570. The smallest absolute Gasteiger partial charge is 0.204 e. The second-order valence-electron chi connectivity index (χ2n) is 32.4. The molecule has 0 aliphatic carbocycles. The Hall–Kier alpha value is -12.9. The van der Waals surface area contributed by atoms with Crippen molar-refractivity contribution in [3.63, 3.8) is 0 Å². The molecule has 10 aliphatic rings. The number of ketones is 5. The van der Waals surface area contributed by atoms with Gasteiger partial charge in [0.15, 0.2) is 28.0 Å². The van der Waals surface area contributed by atoms with E-state index >= 15 is 0 Å². The zero-order chi connectivity index (χ0) is 86.1. The number of rotatable bonds is 6. The fourth-order valence-corrected chi connectivity index (χ4v) is 18.7. The number of ether oxygens (including phenoxy) is 1. The van der Waals surface area contributed by atoms with Gasteiger partial charge in [0.1, 0.15) is 46.6 Å². The average Bonchev–Trinajstić information content (AvgIpc) is 1.61. The van der Waals surface area contributed by atoms with Gasteiger partial charge in [0.25, 0.3) is 0 Å². The van der Waals surface area contributed by atoms with E-state index in [1.807, 2.05) is 201 Å². The van der Waals surface area contributed by atoms with Crippen molar-refractivity contribution < 1.29 is 58.7 Å². The van der Waals surface area contributed by atoms with E-state index in [1.165, 1.54) is 4.70 Å². The van der Waals surface area contributed by atoms with Crippen molar-refractivity contribution in [2.45, 2.75) is 102 Å². The molecule has 0 unspecified atom stereocenters. The maximum Gasteiger partial charge on any atom is 0.204 e. The van der Waals surface area contributed by atoms with Gasteiger partial charge < -0.3 is 59.2 Å². The van der Waals surface area contributed by atoms with Crippen molar-refractivity contribution in [3.05, 3.63) is 289 Å². The van der Waals surface area contributed by atoms with Crippen molar-refractivity contribution in [1.82, 2.24) is 0 Å². The Morgan fingerprint density at radius 3 is 1.20 bits per heavy atom. The number of thiophene rings is 1. The Morgan fingerprint density at radius 1 is 0.398 bits per heavy atom. The van der Waals surface area contributed by atoms with E-state index in [1.54, 1.807) is 78.1 Å². The van der Waals surface area contributed by atoms with E-state index in [0.29, 0.717) is 165 Å². The second kappa shape index (κ2) is 30.9. The lowest BCUT2D eigenvalue weighted by Gasteiger charge is -2.30. The summed E-state index contributed by atoms with van der Waals surface area (Å²) >= 11 is 13.9. The maximum atomic E-state index is 13.0. The molecular weight excluding hydrogens is 1610 g/mol. The third-order valence-corrected chi connectivity index (χ3v) is 25.9. The fourth-order valence-electron chi connectivity index (χ4n) is 17.6. The molecule has 0 bridgehead atoms. The van der Waals surface area contributed by atoms with Gasteiger partial charge in [-0.3, -0.25) is 24.0 Å². The summed E-state index contributed by atoms with van der Waals surface area (Å²) in [7, 11) is 1.62. The number of hydrogen-bond acceptors (Lipinski definition) is 24. The van der Waals surface area contributed by atoms with Crippen LogP contribution < -0.4 is 29.2 Å². The summed E-state index contributed by atoms with van der Waals surface area (Å²) in [6.07, 6.45) is 3.26. The molecule has 2 aromatic heterocycles. The summed E-state index contributed by atoms with van der Waals surface area (Å²) in [5, 5.41) is 69.4. The molecule has 5 fully saturated rings. The molecule has 12 heterocycles. The number of halogens is 2. The van der Waals surface area contributed by atoms with Gasteiger partial charge in [-0.25, -0.2) is 25.0 Å². The number of hydrogen-bond donors (Lipinski definition) is 5. The lowest BCUT2D eigenvalue weighted by molar-refractivity contribution is 0.0600. The molecule has 23 nitrogen and oxygen atoms in total. The number of carbonyl (C=O) groups excluding carboxylic acids is 5. The van der Waals surface area contributed by atoms with Crippen LogP contribution in [0.2, 0.25) is 10.0 Å². The number of carbonyl (C=O) groups is 5. The minimum Gasteiger partial charge on any atom is -0.497 e. The van der Waals surface area contributed by atoms with Crippen molar-refractivity contribution in [3.8, 4) is 11.8 Å². The first-order valence-corrected chi connectivity index (χ1v) is 41.9. The molecular formula is C97H81Cl2N11O12S. The van der Waals surface area contributed by atoms with Crippen molar-refractivity contribution in [1.29, 1.82) is 5.26 Å². The molecule has 616 valence electrons. The van der Waals surface area contributed by atoms with Crippen LogP contribution in [-0.4, -0.2) is 151 Å². The molecule has 26 heteroatoms. The predicted molar refractivity (Wildman–Crippen MR) is 481 cm³/mol. The molecule has 123 heavy (non-hydrogen) atoms. The maximum absolute atomic E-state index is 13.0. The number of amidine groups is 5. The topological polar surface area (TPSA) is 311 Å². The summed E-state index contributed by atoms with van der Waals surface area (Å²) in [6, 6.07) is 63.8. The molecule has 0 amide bonds. The van der Waals surface area contributed by atoms with Gasteiger partial charge >= 0.3 is 0 Å². The molecule has 12 aromatic rings. The van der Waals surface area contributed by atoms with Crippen molar-refractivity contribution in [2.24, 2.45) is 25.0 Å². The first-order valence-electron chi connectivity index (χ1n) is 40.3. The van der Waals surface area contributed by atoms with Gasteiger partial charge in [0.2, 0.25) is 28.9 Å². The Labute approximate surface area is 721 Å².